The number of thioether (sulfide) groups is 1. The van der Waals surface area contributed by atoms with Crippen LogP contribution in [0.1, 0.15) is 11.4 Å². The van der Waals surface area contributed by atoms with Crippen molar-refractivity contribution in [1.29, 1.82) is 0 Å². The third kappa shape index (κ3) is 3.06. The number of aromatic nitrogens is 6. The summed E-state index contributed by atoms with van der Waals surface area (Å²) in [7, 11) is 0. The lowest BCUT2D eigenvalue weighted by Gasteiger charge is -2.09. The molecule has 0 radical (unpaired) electrons. The monoisotopic (exact) mass is 372 g/mol. The van der Waals surface area contributed by atoms with Crippen molar-refractivity contribution in [2.45, 2.75) is 17.3 Å². The quantitative estimate of drug-likeness (QED) is 0.372. The minimum atomic E-state index is 0.685. The normalized spacial score (nSPS) is 11.4. The van der Waals surface area contributed by atoms with Crippen LogP contribution in [0.2, 0.25) is 0 Å². The Labute approximate surface area is 159 Å². The van der Waals surface area contributed by atoms with E-state index in [1.165, 1.54) is 5.56 Å². The molecular formula is C20H16N6S. The molecule has 5 rings (SSSR count). The minimum Gasteiger partial charge on any atom is -0.341 e. The zero-order valence-electron chi connectivity index (χ0n) is 14.4. The van der Waals surface area contributed by atoms with E-state index in [1.54, 1.807) is 24.4 Å². The second kappa shape index (κ2) is 6.85. The van der Waals surface area contributed by atoms with Crippen molar-refractivity contribution in [1.82, 2.24) is 29.5 Å². The second-order valence-electron chi connectivity index (χ2n) is 6.16. The van der Waals surface area contributed by atoms with Crippen LogP contribution in [-0.4, -0.2) is 29.5 Å². The average molecular weight is 372 g/mol. The number of hydrogen-bond acceptors (Lipinski definition) is 5. The van der Waals surface area contributed by atoms with Crippen molar-refractivity contribution in [3.05, 3.63) is 78.6 Å². The van der Waals surface area contributed by atoms with Gasteiger partial charge in [-0.05, 0) is 17.7 Å². The number of fused-ring (bicyclic) bond motifs is 2. The summed E-state index contributed by atoms with van der Waals surface area (Å²) in [4.78, 5) is 20.8. The van der Waals surface area contributed by atoms with Crippen molar-refractivity contribution in [2.75, 3.05) is 0 Å². The van der Waals surface area contributed by atoms with E-state index in [-0.39, 0.29) is 0 Å². The standard InChI is InChI=1S/C20H16N6S/c1-2-6-14(7-3-1)10-26-16-9-5-4-8-15(16)25-17(26)11-27-20-18-19(22-12-21-18)23-13-24-20/h1-9,12-13H,10-11H2,(H,21,22,23,24). The number of rotatable bonds is 5. The Kier molecular flexibility index (Phi) is 4.06. The number of nitrogens with zero attached hydrogens (tertiary/aromatic N) is 5. The molecule has 0 saturated carbocycles. The lowest BCUT2D eigenvalue weighted by atomic mass is 10.2. The Morgan fingerprint density at radius 1 is 0.926 bits per heavy atom. The summed E-state index contributed by atoms with van der Waals surface area (Å²) in [5, 5.41) is 0.885. The van der Waals surface area contributed by atoms with Gasteiger partial charge in [0.25, 0.3) is 0 Å². The molecular weight excluding hydrogens is 356 g/mol. The number of nitrogens with one attached hydrogen (secondary N) is 1. The molecule has 0 unspecified atom stereocenters. The predicted octanol–water partition coefficient (Wildman–Crippen LogP) is 4.04. The molecule has 7 heteroatoms. The van der Waals surface area contributed by atoms with Gasteiger partial charge < -0.3 is 9.55 Å². The number of benzene rings is 2. The number of aromatic amines is 1. The molecule has 0 amide bonds. The van der Waals surface area contributed by atoms with Crippen LogP contribution >= 0.6 is 11.8 Å². The minimum absolute atomic E-state index is 0.685. The predicted molar refractivity (Wildman–Crippen MR) is 107 cm³/mol. The molecule has 0 aliphatic rings. The molecule has 0 saturated heterocycles. The molecule has 2 aromatic carbocycles. The molecule has 3 heterocycles. The van der Waals surface area contributed by atoms with E-state index in [9.17, 15) is 0 Å². The smallest absolute Gasteiger partial charge is 0.181 e. The Hall–Kier alpha value is -3.19. The Morgan fingerprint density at radius 3 is 2.70 bits per heavy atom. The highest BCUT2D eigenvalue weighted by atomic mass is 32.2. The fraction of sp³-hybridized carbons (Fsp3) is 0.100. The molecule has 132 valence electrons. The first-order valence-corrected chi connectivity index (χ1v) is 9.62. The summed E-state index contributed by atoms with van der Waals surface area (Å²) in [6.45, 7) is 0.792. The zero-order valence-corrected chi connectivity index (χ0v) is 15.2. The molecule has 0 aliphatic carbocycles. The van der Waals surface area contributed by atoms with Gasteiger partial charge in [-0.1, -0.05) is 54.2 Å². The summed E-state index contributed by atoms with van der Waals surface area (Å²) in [5.74, 6) is 1.74. The van der Waals surface area contributed by atoms with Crippen molar-refractivity contribution in [2.24, 2.45) is 0 Å². The molecule has 3 aromatic heterocycles. The van der Waals surface area contributed by atoms with Crippen molar-refractivity contribution in [3.63, 3.8) is 0 Å². The highest BCUT2D eigenvalue weighted by molar-refractivity contribution is 7.98. The lowest BCUT2D eigenvalue weighted by Crippen LogP contribution is -2.04. The molecule has 0 spiro atoms. The van der Waals surface area contributed by atoms with E-state index in [2.05, 4.69) is 67.0 Å². The molecule has 0 fully saturated rings. The van der Waals surface area contributed by atoms with E-state index in [4.69, 9.17) is 4.98 Å². The molecule has 0 atom stereocenters. The third-order valence-corrected chi connectivity index (χ3v) is 5.43. The van der Waals surface area contributed by atoms with Crippen LogP contribution in [0.3, 0.4) is 0 Å². The first-order valence-electron chi connectivity index (χ1n) is 8.63. The number of imidazole rings is 2. The van der Waals surface area contributed by atoms with E-state index in [0.29, 0.717) is 11.4 Å². The molecule has 0 aliphatic heterocycles. The van der Waals surface area contributed by atoms with Gasteiger partial charge in [0.15, 0.2) is 5.65 Å². The molecule has 6 nitrogen and oxygen atoms in total. The van der Waals surface area contributed by atoms with Crippen LogP contribution in [0.15, 0.2) is 72.3 Å². The summed E-state index contributed by atoms with van der Waals surface area (Å²) in [6.07, 6.45) is 3.20. The van der Waals surface area contributed by atoms with E-state index < -0.39 is 0 Å². The summed E-state index contributed by atoms with van der Waals surface area (Å²) in [5.41, 5.74) is 4.97. The fourth-order valence-electron chi connectivity index (χ4n) is 3.16. The highest BCUT2D eigenvalue weighted by Crippen LogP contribution is 2.27. The zero-order chi connectivity index (χ0) is 18.1. The first-order chi connectivity index (χ1) is 13.4. The highest BCUT2D eigenvalue weighted by Gasteiger charge is 2.13. The van der Waals surface area contributed by atoms with Gasteiger partial charge >= 0.3 is 0 Å². The van der Waals surface area contributed by atoms with Gasteiger partial charge in [0.05, 0.1) is 23.1 Å². The van der Waals surface area contributed by atoms with E-state index in [0.717, 1.165) is 33.9 Å². The Bertz CT molecular complexity index is 1210. The largest absolute Gasteiger partial charge is 0.341 e. The summed E-state index contributed by atoms with van der Waals surface area (Å²) < 4.78 is 2.28. The molecule has 1 N–H and O–H groups in total. The van der Waals surface area contributed by atoms with Gasteiger partial charge in [0.2, 0.25) is 0 Å². The third-order valence-electron chi connectivity index (χ3n) is 4.44. The number of hydrogen-bond donors (Lipinski definition) is 1. The van der Waals surface area contributed by atoms with Gasteiger partial charge in [0, 0.05) is 6.54 Å². The maximum atomic E-state index is 4.86. The topological polar surface area (TPSA) is 72.3 Å². The van der Waals surface area contributed by atoms with Crippen LogP contribution in [-0.2, 0) is 12.3 Å². The van der Waals surface area contributed by atoms with Gasteiger partial charge in [0.1, 0.15) is 22.7 Å². The summed E-state index contributed by atoms with van der Waals surface area (Å²) in [6, 6.07) is 18.7. The molecule has 5 aromatic rings. The van der Waals surface area contributed by atoms with Crippen molar-refractivity contribution < 1.29 is 0 Å². The summed E-state index contributed by atoms with van der Waals surface area (Å²) >= 11 is 1.64. The van der Waals surface area contributed by atoms with Crippen LogP contribution in [0.4, 0.5) is 0 Å². The van der Waals surface area contributed by atoms with Crippen LogP contribution in [0, 0.1) is 0 Å². The van der Waals surface area contributed by atoms with Crippen LogP contribution in [0.5, 0.6) is 0 Å². The van der Waals surface area contributed by atoms with Crippen molar-refractivity contribution >= 4 is 34.0 Å². The van der Waals surface area contributed by atoms with Gasteiger partial charge in [-0.25, -0.2) is 19.9 Å². The maximum absolute atomic E-state index is 4.86. The number of H-pyrrole nitrogens is 1. The van der Waals surface area contributed by atoms with Gasteiger partial charge in [-0.15, -0.1) is 0 Å². The first kappa shape index (κ1) is 16.0. The molecule has 27 heavy (non-hydrogen) atoms. The Morgan fingerprint density at radius 2 is 1.78 bits per heavy atom. The van der Waals surface area contributed by atoms with Crippen LogP contribution < -0.4 is 0 Å². The SMILES string of the molecule is c1ccc(Cn2c(CSc3ncnc4nc[nH]c34)nc3ccccc32)cc1. The average Bonchev–Trinajstić information content (AvgIpc) is 3.32. The van der Waals surface area contributed by atoms with E-state index >= 15 is 0 Å². The van der Waals surface area contributed by atoms with Gasteiger partial charge in [-0.2, -0.15) is 0 Å². The second-order valence-corrected chi connectivity index (χ2v) is 7.12. The van der Waals surface area contributed by atoms with Crippen molar-refractivity contribution in [3.8, 4) is 0 Å². The van der Waals surface area contributed by atoms with Gasteiger partial charge in [-0.3, -0.25) is 0 Å². The maximum Gasteiger partial charge on any atom is 0.181 e. The van der Waals surface area contributed by atoms with E-state index in [1.807, 2.05) is 12.1 Å². The molecule has 0 bridgehead atoms. The fourth-order valence-corrected chi connectivity index (χ4v) is 4.07. The van der Waals surface area contributed by atoms with Crippen LogP contribution in [0.25, 0.3) is 22.2 Å². The number of para-hydroxylation sites is 2. The Balaban J connectivity index is 1.50. The lowest BCUT2D eigenvalue weighted by molar-refractivity contribution is 0.780.